The molecule has 0 N–H and O–H groups in total. The molecular weight excluding hydrogens is 578 g/mol. The van der Waals surface area contributed by atoms with E-state index in [-0.39, 0.29) is 17.9 Å². The molecule has 43 heavy (non-hydrogen) atoms. The van der Waals surface area contributed by atoms with E-state index in [4.69, 9.17) is 35.3 Å². The van der Waals surface area contributed by atoms with Gasteiger partial charge in [-0.25, -0.2) is 14.3 Å². The minimum absolute atomic E-state index is 0.0531. The first-order valence-electron chi connectivity index (χ1n) is 14.6. The van der Waals surface area contributed by atoms with Gasteiger partial charge in [-0.15, -0.1) is 0 Å². The van der Waals surface area contributed by atoms with Crippen molar-refractivity contribution in [2.45, 2.75) is 102 Å². The minimum atomic E-state index is -0.907. The number of hydrogen-bond donors (Lipinski definition) is 0. The van der Waals surface area contributed by atoms with E-state index in [1.165, 1.54) is 0 Å². The molecule has 1 aromatic carbocycles. The molecular formula is C30H36ClN5O7. The number of ether oxygens (including phenoxy) is 5. The average molecular weight is 614 g/mol. The summed E-state index contributed by atoms with van der Waals surface area (Å²) in [5, 5.41) is 5.08. The number of aromatic nitrogens is 4. The highest BCUT2D eigenvalue weighted by molar-refractivity contribution is 6.29. The van der Waals surface area contributed by atoms with Crippen molar-refractivity contribution in [2.75, 3.05) is 11.5 Å². The van der Waals surface area contributed by atoms with Crippen molar-refractivity contribution in [2.24, 2.45) is 0 Å². The second-order valence-electron chi connectivity index (χ2n) is 12.5. The predicted molar refractivity (Wildman–Crippen MR) is 156 cm³/mol. The fourth-order valence-corrected chi connectivity index (χ4v) is 6.10. The number of hydrogen-bond acceptors (Lipinski definition) is 10. The highest BCUT2D eigenvalue weighted by atomic mass is 35.5. The summed E-state index contributed by atoms with van der Waals surface area (Å²) in [7, 11) is 0. The molecule has 0 spiro atoms. The number of fused-ring (bicyclic) bond motifs is 2. The lowest BCUT2D eigenvalue weighted by molar-refractivity contribution is -0.201. The van der Waals surface area contributed by atoms with E-state index in [1.54, 1.807) is 40.0 Å². The van der Waals surface area contributed by atoms with Crippen LogP contribution in [0.25, 0.3) is 11.0 Å². The molecule has 4 heterocycles. The molecule has 1 aliphatic carbocycles. The Labute approximate surface area is 254 Å². The van der Waals surface area contributed by atoms with Gasteiger partial charge in [0.2, 0.25) is 5.28 Å². The highest BCUT2D eigenvalue weighted by Crippen LogP contribution is 2.44. The van der Waals surface area contributed by atoms with Gasteiger partial charge in [-0.05, 0) is 71.2 Å². The van der Waals surface area contributed by atoms with Gasteiger partial charge in [0.25, 0.3) is 0 Å². The fourth-order valence-electron chi connectivity index (χ4n) is 5.94. The lowest BCUT2D eigenvalue weighted by atomic mass is 10.1. The third kappa shape index (κ3) is 6.06. The van der Waals surface area contributed by atoms with Crippen molar-refractivity contribution < 1.29 is 33.3 Å². The lowest BCUT2D eigenvalue weighted by Crippen LogP contribution is -2.43. The van der Waals surface area contributed by atoms with Gasteiger partial charge in [0, 0.05) is 6.04 Å². The summed E-state index contributed by atoms with van der Waals surface area (Å²) in [5.74, 6) is -1.05. The van der Waals surface area contributed by atoms with Gasteiger partial charge >= 0.3 is 12.1 Å². The van der Waals surface area contributed by atoms with Gasteiger partial charge in [0.1, 0.15) is 30.5 Å². The highest BCUT2D eigenvalue weighted by Gasteiger charge is 2.57. The summed E-state index contributed by atoms with van der Waals surface area (Å²) in [6, 6.07) is 8.64. The third-order valence-corrected chi connectivity index (χ3v) is 7.84. The Morgan fingerprint density at radius 2 is 1.79 bits per heavy atom. The molecule has 2 saturated heterocycles. The Kier molecular flexibility index (Phi) is 7.82. The molecule has 6 rings (SSSR count). The molecule has 2 aliphatic heterocycles. The normalized spacial score (nSPS) is 25.2. The second-order valence-corrected chi connectivity index (χ2v) is 12.9. The maximum atomic E-state index is 13.5. The lowest BCUT2D eigenvalue weighted by Gasteiger charge is -2.31. The Bertz CT molecular complexity index is 1500. The monoisotopic (exact) mass is 613 g/mol. The average Bonchev–Trinajstić information content (AvgIpc) is 3.71. The van der Waals surface area contributed by atoms with Crippen molar-refractivity contribution in [3.8, 4) is 0 Å². The molecule has 4 atom stereocenters. The molecule has 0 unspecified atom stereocenters. The number of esters is 1. The summed E-state index contributed by atoms with van der Waals surface area (Å²) in [6.07, 6.45) is 2.14. The number of nitrogens with zero attached hydrogens (tertiary/aromatic N) is 5. The summed E-state index contributed by atoms with van der Waals surface area (Å²) in [4.78, 5) is 36.7. The molecule has 2 aromatic heterocycles. The molecule has 12 nitrogen and oxygen atoms in total. The van der Waals surface area contributed by atoms with Crippen LogP contribution < -0.4 is 4.90 Å². The molecule has 0 bridgehead atoms. The zero-order valence-corrected chi connectivity index (χ0v) is 25.6. The van der Waals surface area contributed by atoms with Crippen molar-refractivity contribution >= 4 is 40.5 Å². The van der Waals surface area contributed by atoms with Crippen LogP contribution in [0, 0.1) is 0 Å². The second kappa shape index (κ2) is 11.3. The van der Waals surface area contributed by atoms with Gasteiger partial charge in [0.15, 0.2) is 23.5 Å². The van der Waals surface area contributed by atoms with E-state index in [1.807, 2.05) is 40.7 Å². The maximum absolute atomic E-state index is 13.5. The number of carbonyl (C=O) groups excluding carboxylic acids is 2. The quantitative estimate of drug-likeness (QED) is 0.262. The largest absolute Gasteiger partial charge is 0.459 e. The number of anilines is 1. The SMILES string of the molecule is CC(C)(C)OC(=O)N(c1nc(Cl)nc2c1cnn2[C@@H]1O[C@H](COC(=O)c2ccccc2)[C@H]2OC(C)(C)O[C@H]21)C1CCCC1. The van der Waals surface area contributed by atoms with E-state index in [2.05, 4.69) is 15.1 Å². The van der Waals surface area contributed by atoms with E-state index in [0.717, 1.165) is 25.7 Å². The summed E-state index contributed by atoms with van der Waals surface area (Å²) >= 11 is 6.48. The van der Waals surface area contributed by atoms with Gasteiger partial charge in [-0.3, -0.25) is 4.90 Å². The smallest absolute Gasteiger partial charge is 0.416 e. The molecule has 3 aromatic rings. The number of rotatable bonds is 6. The van der Waals surface area contributed by atoms with Crippen LogP contribution in [0.2, 0.25) is 5.28 Å². The van der Waals surface area contributed by atoms with Crippen molar-refractivity contribution in [3.63, 3.8) is 0 Å². The Balaban J connectivity index is 1.33. The Morgan fingerprint density at radius 1 is 1.09 bits per heavy atom. The number of halogens is 1. The van der Waals surface area contributed by atoms with E-state index in [9.17, 15) is 9.59 Å². The maximum Gasteiger partial charge on any atom is 0.416 e. The molecule has 1 saturated carbocycles. The van der Waals surface area contributed by atoms with Crippen LogP contribution in [0.3, 0.4) is 0 Å². The van der Waals surface area contributed by atoms with Gasteiger partial charge in [-0.1, -0.05) is 31.0 Å². The van der Waals surface area contributed by atoms with Crippen LogP contribution in [-0.2, 0) is 23.7 Å². The van der Waals surface area contributed by atoms with Crippen molar-refractivity contribution in [1.82, 2.24) is 19.7 Å². The Morgan fingerprint density at radius 3 is 2.49 bits per heavy atom. The molecule has 1 amide bonds. The first-order valence-corrected chi connectivity index (χ1v) is 14.9. The minimum Gasteiger partial charge on any atom is -0.459 e. The molecule has 13 heteroatoms. The van der Waals surface area contributed by atoms with E-state index < -0.39 is 48.0 Å². The molecule has 0 radical (unpaired) electrons. The first kappa shape index (κ1) is 29.7. The van der Waals surface area contributed by atoms with E-state index >= 15 is 0 Å². The van der Waals surface area contributed by atoms with Crippen molar-refractivity contribution in [3.05, 3.63) is 47.4 Å². The predicted octanol–water partition coefficient (Wildman–Crippen LogP) is 5.44. The molecule has 3 fully saturated rings. The summed E-state index contributed by atoms with van der Waals surface area (Å²) < 4.78 is 31.8. The van der Waals surface area contributed by atoms with Crippen molar-refractivity contribution in [1.29, 1.82) is 0 Å². The van der Waals surface area contributed by atoms with Gasteiger partial charge < -0.3 is 23.7 Å². The molecule has 230 valence electrons. The van der Waals surface area contributed by atoms with Gasteiger partial charge in [0.05, 0.1) is 17.1 Å². The summed E-state index contributed by atoms with van der Waals surface area (Å²) in [5.41, 5.74) is 0.0959. The molecule has 3 aliphatic rings. The number of benzene rings is 1. The van der Waals surface area contributed by atoms with Crippen LogP contribution in [0.4, 0.5) is 10.6 Å². The zero-order valence-electron chi connectivity index (χ0n) is 24.9. The van der Waals surface area contributed by atoms with Crippen LogP contribution in [0.15, 0.2) is 36.5 Å². The topological polar surface area (TPSA) is 127 Å². The van der Waals surface area contributed by atoms with Gasteiger partial charge in [-0.2, -0.15) is 15.1 Å². The summed E-state index contributed by atoms with van der Waals surface area (Å²) in [6.45, 7) is 9.04. The van der Waals surface area contributed by atoms with Crippen LogP contribution in [-0.4, -0.2) is 74.2 Å². The first-order chi connectivity index (χ1) is 20.4. The number of amides is 1. The standard InChI is InChI=1S/C30H36ClN5O7/c1-29(2,3)43-28(38)35(18-13-9-10-14-18)23-19-15-32-36(24(19)34-27(31)33-23)25-22-21(41-30(4,5)42-22)20(40-25)16-39-26(37)17-11-7-6-8-12-17/h6-8,11-12,15,18,20-22,25H,9-10,13-14,16H2,1-5H3/t20-,21-,22-,25-/m1/s1. The zero-order chi connectivity index (χ0) is 30.5. The van der Waals surface area contributed by atoms with E-state index in [0.29, 0.717) is 22.4 Å². The Hall–Kier alpha value is -3.32. The third-order valence-electron chi connectivity index (χ3n) is 7.67. The van der Waals surface area contributed by atoms with Crippen LogP contribution >= 0.6 is 11.6 Å². The van der Waals surface area contributed by atoms with Crippen LogP contribution in [0.5, 0.6) is 0 Å². The van der Waals surface area contributed by atoms with Crippen LogP contribution in [0.1, 0.15) is 76.9 Å². The number of carbonyl (C=O) groups is 2. The fraction of sp³-hybridized carbons (Fsp3) is 0.567.